The zero-order valence-electron chi connectivity index (χ0n) is 9.53. The molecule has 9 heteroatoms. The summed E-state index contributed by atoms with van der Waals surface area (Å²) in [6.45, 7) is 0. The van der Waals surface area contributed by atoms with Gasteiger partial charge in [-0.3, -0.25) is 20.3 Å². The van der Waals surface area contributed by atoms with Gasteiger partial charge in [-0.15, -0.1) is 17.5 Å². The highest BCUT2D eigenvalue weighted by Gasteiger charge is 2.33. The molecule has 1 aliphatic heterocycles. The number of rotatable bonds is 3. The van der Waals surface area contributed by atoms with Crippen molar-refractivity contribution in [1.82, 2.24) is 10.0 Å². The van der Waals surface area contributed by atoms with Crippen LogP contribution in [0.1, 0.15) is 23.2 Å². The Bertz CT molecular complexity index is 488. The molecule has 0 bridgehead atoms. The van der Waals surface area contributed by atoms with Gasteiger partial charge in [0.25, 0.3) is 11.8 Å². The average molecular weight is 288 g/mol. The van der Waals surface area contributed by atoms with E-state index in [2.05, 4.69) is 9.82 Å². The van der Waals surface area contributed by atoms with Gasteiger partial charge in [0.15, 0.2) is 0 Å². The third kappa shape index (κ3) is 3.18. The highest BCUT2D eigenvalue weighted by molar-refractivity contribution is 6.02. The van der Waals surface area contributed by atoms with Gasteiger partial charge in [-0.25, -0.2) is 9.78 Å². The van der Waals surface area contributed by atoms with Crippen LogP contribution in [0.4, 0.5) is 5.82 Å². The molecule has 0 spiro atoms. The molecular formula is C10H10ClN3O5. The van der Waals surface area contributed by atoms with E-state index in [9.17, 15) is 14.4 Å². The van der Waals surface area contributed by atoms with Crippen molar-refractivity contribution in [3.8, 4) is 0 Å². The van der Waals surface area contributed by atoms with Crippen molar-refractivity contribution in [2.24, 2.45) is 0 Å². The molecule has 1 aliphatic rings. The minimum atomic E-state index is -0.865. The Labute approximate surface area is 113 Å². The molecule has 102 valence electrons. The number of nitrogens with one attached hydrogen (secondary N) is 1. The third-order valence-electron chi connectivity index (χ3n) is 2.29. The zero-order chi connectivity index (χ0) is 13.1. The van der Waals surface area contributed by atoms with Crippen LogP contribution in [0.15, 0.2) is 18.3 Å². The Hall–Kier alpha value is -2.19. The number of halogens is 1. The van der Waals surface area contributed by atoms with E-state index in [0.29, 0.717) is 5.06 Å². The number of pyridine rings is 1. The van der Waals surface area contributed by atoms with Crippen LogP contribution in [0.3, 0.4) is 0 Å². The minimum Gasteiger partial charge on any atom is -0.325 e. The number of anilines is 1. The summed E-state index contributed by atoms with van der Waals surface area (Å²) in [5, 5.41) is 9.00. The maximum atomic E-state index is 11.6. The van der Waals surface area contributed by atoms with Crippen molar-refractivity contribution in [3.63, 3.8) is 0 Å². The Balaban J connectivity index is 0.00000180. The van der Waals surface area contributed by atoms with E-state index in [-0.39, 0.29) is 36.6 Å². The van der Waals surface area contributed by atoms with Crippen molar-refractivity contribution < 1.29 is 24.4 Å². The lowest BCUT2D eigenvalue weighted by molar-refractivity contribution is -0.172. The molecule has 0 saturated carbocycles. The predicted molar refractivity (Wildman–Crippen MR) is 63.4 cm³/mol. The van der Waals surface area contributed by atoms with E-state index in [0.717, 1.165) is 6.20 Å². The number of carbonyl (C=O) groups is 3. The second kappa shape index (κ2) is 6.12. The Morgan fingerprint density at radius 3 is 2.42 bits per heavy atom. The number of hydrogen-bond donors (Lipinski definition) is 2. The van der Waals surface area contributed by atoms with Crippen molar-refractivity contribution in [1.29, 1.82) is 0 Å². The first-order valence-electron chi connectivity index (χ1n) is 5.06. The molecule has 0 aliphatic carbocycles. The molecular weight excluding hydrogens is 278 g/mol. The van der Waals surface area contributed by atoms with Gasteiger partial charge < -0.3 is 4.84 Å². The van der Waals surface area contributed by atoms with Crippen LogP contribution < -0.4 is 5.48 Å². The highest BCUT2D eigenvalue weighted by atomic mass is 35.5. The molecule has 0 unspecified atom stereocenters. The molecule has 2 heterocycles. The lowest BCUT2D eigenvalue weighted by atomic mass is 10.3. The van der Waals surface area contributed by atoms with Crippen molar-refractivity contribution in [2.75, 3.05) is 5.48 Å². The van der Waals surface area contributed by atoms with Crippen LogP contribution in [-0.4, -0.2) is 33.0 Å². The number of nitrogens with zero attached hydrogens (tertiary/aromatic N) is 2. The summed E-state index contributed by atoms with van der Waals surface area (Å²) in [5.74, 6) is -1.81. The molecule has 0 radical (unpaired) electrons. The van der Waals surface area contributed by atoms with Gasteiger partial charge >= 0.3 is 5.97 Å². The number of imide groups is 1. The fraction of sp³-hybridized carbons (Fsp3) is 0.200. The Morgan fingerprint density at radius 2 is 1.95 bits per heavy atom. The monoisotopic (exact) mass is 287 g/mol. The highest BCUT2D eigenvalue weighted by Crippen LogP contribution is 2.14. The summed E-state index contributed by atoms with van der Waals surface area (Å²) in [6, 6.07) is 2.67. The molecule has 2 rings (SSSR count). The Morgan fingerprint density at radius 1 is 1.32 bits per heavy atom. The fourth-order valence-electron chi connectivity index (χ4n) is 1.37. The van der Waals surface area contributed by atoms with Crippen LogP contribution in [0.2, 0.25) is 0 Å². The smallest absolute Gasteiger partial charge is 0.325 e. The van der Waals surface area contributed by atoms with E-state index in [4.69, 9.17) is 5.21 Å². The van der Waals surface area contributed by atoms with E-state index < -0.39 is 17.8 Å². The maximum absolute atomic E-state index is 11.6. The summed E-state index contributed by atoms with van der Waals surface area (Å²) in [4.78, 5) is 42.4. The number of hydrogen-bond acceptors (Lipinski definition) is 7. The molecule has 0 atom stereocenters. The molecule has 2 amide bonds. The van der Waals surface area contributed by atoms with Gasteiger partial charge in [-0.1, -0.05) is 0 Å². The third-order valence-corrected chi connectivity index (χ3v) is 2.29. The Kier molecular flexibility index (Phi) is 4.79. The van der Waals surface area contributed by atoms with Crippen LogP contribution in [0.5, 0.6) is 0 Å². The number of amides is 2. The summed E-state index contributed by atoms with van der Waals surface area (Å²) in [6.07, 6.45) is 1.22. The van der Waals surface area contributed by atoms with Gasteiger partial charge in [0, 0.05) is 19.0 Å². The second-order valence-electron chi connectivity index (χ2n) is 3.50. The summed E-state index contributed by atoms with van der Waals surface area (Å²) in [7, 11) is 0. The van der Waals surface area contributed by atoms with Crippen molar-refractivity contribution >= 4 is 36.0 Å². The van der Waals surface area contributed by atoms with Crippen LogP contribution in [-0.2, 0) is 14.4 Å². The minimum absolute atomic E-state index is 0. The molecule has 8 nitrogen and oxygen atoms in total. The lowest BCUT2D eigenvalue weighted by Crippen LogP contribution is -2.32. The SMILES string of the molecule is Cl.O=C(ON1C(=O)CCC1=O)c1ccc(NO)nc1. The maximum Gasteiger partial charge on any atom is 0.365 e. The topological polar surface area (TPSA) is 109 Å². The fourth-order valence-corrected chi connectivity index (χ4v) is 1.37. The van der Waals surface area contributed by atoms with Gasteiger partial charge in [0.1, 0.15) is 5.82 Å². The zero-order valence-corrected chi connectivity index (χ0v) is 10.3. The average Bonchev–Trinajstić information content (AvgIpc) is 2.70. The molecule has 1 saturated heterocycles. The predicted octanol–water partition coefficient (Wildman–Crippen LogP) is 0.525. The number of hydroxylamine groups is 2. The largest absolute Gasteiger partial charge is 0.365 e. The summed E-state index contributed by atoms with van der Waals surface area (Å²) in [5.41, 5.74) is 1.86. The molecule has 19 heavy (non-hydrogen) atoms. The molecule has 1 fully saturated rings. The van der Waals surface area contributed by atoms with Crippen molar-refractivity contribution in [3.05, 3.63) is 23.9 Å². The first-order chi connectivity index (χ1) is 8.61. The number of carbonyl (C=O) groups excluding carboxylic acids is 3. The van der Waals surface area contributed by atoms with Gasteiger partial charge in [-0.2, -0.15) is 0 Å². The van der Waals surface area contributed by atoms with Gasteiger partial charge in [-0.05, 0) is 12.1 Å². The number of aromatic nitrogens is 1. The second-order valence-corrected chi connectivity index (χ2v) is 3.50. The molecule has 0 aromatic carbocycles. The molecule has 1 aromatic rings. The van der Waals surface area contributed by atoms with Gasteiger partial charge in [0.05, 0.1) is 5.56 Å². The quantitative estimate of drug-likeness (QED) is 0.616. The first-order valence-corrected chi connectivity index (χ1v) is 5.06. The normalized spacial score (nSPS) is 14.1. The van der Waals surface area contributed by atoms with E-state index in [1.54, 1.807) is 5.48 Å². The first kappa shape index (κ1) is 14.9. The standard InChI is InChI=1S/C10H9N3O5.ClH/c14-8-3-4-9(15)13(8)18-10(16)6-1-2-7(12-17)11-5-6;/h1-2,5,17H,3-4H2,(H,11,12);1H. The van der Waals surface area contributed by atoms with Gasteiger partial charge in [0.2, 0.25) is 0 Å². The van der Waals surface area contributed by atoms with Crippen molar-refractivity contribution in [2.45, 2.75) is 12.8 Å². The van der Waals surface area contributed by atoms with E-state index >= 15 is 0 Å². The summed E-state index contributed by atoms with van der Waals surface area (Å²) < 4.78 is 0. The molecule has 1 aromatic heterocycles. The van der Waals surface area contributed by atoms with Crippen LogP contribution in [0, 0.1) is 0 Å². The summed E-state index contributed by atoms with van der Waals surface area (Å²) >= 11 is 0. The van der Waals surface area contributed by atoms with E-state index in [1.807, 2.05) is 0 Å². The lowest BCUT2D eigenvalue weighted by Gasteiger charge is -2.12. The van der Waals surface area contributed by atoms with E-state index in [1.165, 1.54) is 12.1 Å². The molecule has 2 N–H and O–H groups in total. The van der Waals surface area contributed by atoms with Crippen LogP contribution >= 0.6 is 12.4 Å². The van der Waals surface area contributed by atoms with Crippen LogP contribution in [0.25, 0.3) is 0 Å².